The van der Waals surface area contributed by atoms with Crippen LogP contribution in [0.15, 0.2) is 59.7 Å². The Labute approximate surface area is 149 Å². The van der Waals surface area contributed by atoms with Crippen molar-refractivity contribution in [2.45, 2.75) is 27.3 Å². The Morgan fingerprint density at radius 1 is 1.00 bits per heavy atom. The number of anilines is 1. The molecule has 0 atom stereocenters. The summed E-state index contributed by atoms with van der Waals surface area (Å²) in [5.41, 5.74) is 6.78. The van der Waals surface area contributed by atoms with Gasteiger partial charge in [0.05, 0.1) is 24.1 Å². The average Bonchev–Trinajstić information content (AvgIpc) is 2.89. The van der Waals surface area contributed by atoms with E-state index >= 15 is 0 Å². The van der Waals surface area contributed by atoms with Crippen molar-refractivity contribution in [3.05, 3.63) is 82.7 Å². The van der Waals surface area contributed by atoms with Crippen molar-refractivity contribution in [1.82, 2.24) is 9.78 Å². The van der Waals surface area contributed by atoms with Gasteiger partial charge in [0.15, 0.2) is 0 Å². The molecule has 2 aromatic carbocycles. The lowest BCUT2D eigenvalue weighted by molar-refractivity contribution is 0.659. The highest BCUT2D eigenvalue weighted by Gasteiger charge is 2.10. The number of hydrogen-bond donors (Lipinski definition) is 0. The minimum atomic E-state index is 0.773. The maximum absolute atomic E-state index is 4.69. The molecule has 0 bridgehead atoms. The van der Waals surface area contributed by atoms with Crippen LogP contribution in [0.4, 0.5) is 5.69 Å². The maximum Gasteiger partial charge on any atom is 0.0685 e. The maximum atomic E-state index is 4.69. The molecule has 1 aromatic heterocycles. The molecule has 0 N–H and O–H groups in total. The standard InChI is InChI=1S/C21H24N4/c1-16-10-12-19(13-11-16)15-25-18(3)21(17(2)23-25)14-22-24(4)20-8-6-5-7-9-20/h5-14H,15H2,1-4H3/b22-14+. The van der Waals surface area contributed by atoms with E-state index in [-0.39, 0.29) is 0 Å². The van der Waals surface area contributed by atoms with Gasteiger partial charge in [-0.15, -0.1) is 0 Å². The molecule has 0 fully saturated rings. The van der Waals surface area contributed by atoms with Crippen LogP contribution in [0.5, 0.6) is 0 Å². The molecule has 25 heavy (non-hydrogen) atoms. The summed E-state index contributed by atoms with van der Waals surface area (Å²) >= 11 is 0. The molecule has 0 aliphatic rings. The Morgan fingerprint density at radius 3 is 2.36 bits per heavy atom. The van der Waals surface area contributed by atoms with Crippen molar-refractivity contribution >= 4 is 11.9 Å². The normalized spacial score (nSPS) is 11.2. The third kappa shape index (κ3) is 3.97. The molecule has 1 heterocycles. The van der Waals surface area contributed by atoms with Gasteiger partial charge in [0.25, 0.3) is 0 Å². The van der Waals surface area contributed by atoms with Crippen molar-refractivity contribution in [1.29, 1.82) is 0 Å². The first-order valence-electron chi connectivity index (χ1n) is 8.47. The van der Waals surface area contributed by atoms with Crippen LogP contribution in [-0.2, 0) is 6.54 Å². The Kier molecular flexibility index (Phi) is 4.98. The lowest BCUT2D eigenvalue weighted by atomic mass is 10.1. The van der Waals surface area contributed by atoms with E-state index in [0.717, 1.165) is 29.2 Å². The van der Waals surface area contributed by atoms with Crippen LogP contribution in [0.2, 0.25) is 0 Å². The second-order valence-electron chi connectivity index (χ2n) is 6.33. The van der Waals surface area contributed by atoms with E-state index in [1.165, 1.54) is 11.1 Å². The van der Waals surface area contributed by atoms with E-state index in [4.69, 9.17) is 0 Å². The van der Waals surface area contributed by atoms with Gasteiger partial charge in [-0.1, -0.05) is 48.0 Å². The first-order valence-corrected chi connectivity index (χ1v) is 8.47. The highest BCUT2D eigenvalue weighted by atomic mass is 15.4. The van der Waals surface area contributed by atoms with Gasteiger partial charge >= 0.3 is 0 Å². The largest absolute Gasteiger partial charge is 0.269 e. The van der Waals surface area contributed by atoms with Gasteiger partial charge in [-0.3, -0.25) is 9.69 Å². The van der Waals surface area contributed by atoms with E-state index in [1.54, 1.807) is 0 Å². The quantitative estimate of drug-likeness (QED) is 0.515. The SMILES string of the molecule is Cc1ccc(Cn2nc(C)c(/C=N/N(C)c3ccccc3)c2C)cc1. The van der Waals surface area contributed by atoms with Gasteiger partial charge in [-0.05, 0) is 38.5 Å². The van der Waals surface area contributed by atoms with Crippen molar-refractivity contribution in [3.8, 4) is 0 Å². The predicted octanol–water partition coefficient (Wildman–Crippen LogP) is 4.33. The van der Waals surface area contributed by atoms with Gasteiger partial charge in [-0.2, -0.15) is 10.2 Å². The summed E-state index contributed by atoms with van der Waals surface area (Å²) in [6.45, 7) is 7.00. The van der Waals surface area contributed by atoms with Crippen molar-refractivity contribution in [2.24, 2.45) is 5.10 Å². The zero-order chi connectivity index (χ0) is 17.8. The number of para-hydroxylation sites is 1. The summed E-state index contributed by atoms with van der Waals surface area (Å²) in [6.07, 6.45) is 1.90. The van der Waals surface area contributed by atoms with Crippen molar-refractivity contribution in [3.63, 3.8) is 0 Å². The second-order valence-corrected chi connectivity index (χ2v) is 6.33. The summed E-state index contributed by atoms with van der Waals surface area (Å²) in [4.78, 5) is 0. The molecule has 0 saturated heterocycles. The minimum Gasteiger partial charge on any atom is -0.269 e. The molecule has 4 nitrogen and oxygen atoms in total. The Bertz CT molecular complexity index is 861. The van der Waals surface area contributed by atoms with Crippen LogP contribution in [0, 0.1) is 20.8 Å². The van der Waals surface area contributed by atoms with Gasteiger partial charge in [0.1, 0.15) is 0 Å². The molecular weight excluding hydrogens is 308 g/mol. The summed E-state index contributed by atoms with van der Waals surface area (Å²) < 4.78 is 2.05. The highest BCUT2D eigenvalue weighted by Crippen LogP contribution is 2.15. The number of benzene rings is 2. The molecule has 0 aliphatic carbocycles. The molecule has 3 rings (SSSR count). The van der Waals surface area contributed by atoms with Crippen LogP contribution in [0.3, 0.4) is 0 Å². The third-order valence-electron chi connectivity index (χ3n) is 4.38. The predicted molar refractivity (Wildman–Crippen MR) is 104 cm³/mol. The molecule has 128 valence electrons. The van der Waals surface area contributed by atoms with E-state index in [2.05, 4.69) is 48.3 Å². The van der Waals surface area contributed by atoms with Crippen LogP contribution >= 0.6 is 0 Å². The zero-order valence-electron chi connectivity index (χ0n) is 15.3. The number of aromatic nitrogens is 2. The number of rotatable bonds is 5. The molecule has 0 aliphatic heterocycles. The Morgan fingerprint density at radius 2 is 1.68 bits per heavy atom. The molecule has 0 unspecified atom stereocenters. The van der Waals surface area contributed by atoms with E-state index < -0.39 is 0 Å². The molecule has 0 amide bonds. The molecule has 4 heteroatoms. The molecular formula is C21H24N4. The summed E-state index contributed by atoms with van der Waals surface area (Å²) in [5, 5.41) is 11.1. The molecule has 0 radical (unpaired) electrons. The summed E-state index contributed by atoms with van der Waals surface area (Å²) in [5.74, 6) is 0. The smallest absolute Gasteiger partial charge is 0.0685 e. The Hall–Kier alpha value is -2.88. The average molecular weight is 332 g/mol. The Balaban J connectivity index is 1.79. The van der Waals surface area contributed by atoms with E-state index in [1.807, 2.05) is 60.2 Å². The van der Waals surface area contributed by atoms with Crippen LogP contribution in [-0.4, -0.2) is 23.0 Å². The summed E-state index contributed by atoms with van der Waals surface area (Å²) in [6, 6.07) is 18.7. The lowest BCUT2D eigenvalue weighted by Gasteiger charge is -2.12. The highest BCUT2D eigenvalue weighted by molar-refractivity contribution is 5.83. The topological polar surface area (TPSA) is 33.4 Å². The first-order chi connectivity index (χ1) is 12.0. The van der Waals surface area contributed by atoms with Crippen molar-refractivity contribution in [2.75, 3.05) is 12.1 Å². The number of aryl methyl sites for hydroxylation is 2. The van der Waals surface area contributed by atoms with Crippen LogP contribution in [0.1, 0.15) is 28.1 Å². The van der Waals surface area contributed by atoms with E-state index in [9.17, 15) is 0 Å². The van der Waals surface area contributed by atoms with Gasteiger partial charge in [0, 0.05) is 18.3 Å². The van der Waals surface area contributed by atoms with Gasteiger partial charge in [-0.25, -0.2) is 0 Å². The molecule has 3 aromatic rings. The number of nitrogens with zero attached hydrogens (tertiary/aromatic N) is 4. The third-order valence-corrected chi connectivity index (χ3v) is 4.38. The number of hydrazone groups is 1. The minimum absolute atomic E-state index is 0.773. The van der Waals surface area contributed by atoms with Crippen LogP contribution in [0.25, 0.3) is 0 Å². The fourth-order valence-corrected chi connectivity index (χ4v) is 2.77. The second kappa shape index (κ2) is 7.34. The first kappa shape index (κ1) is 17.0. The fourth-order valence-electron chi connectivity index (χ4n) is 2.77. The molecule has 0 saturated carbocycles. The van der Waals surface area contributed by atoms with Gasteiger partial charge in [0.2, 0.25) is 0 Å². The molecule has 0 spiro atoms. The monoisotopic (exact) mass is 332 g/mol. The fraction of sp³-hybridized carbons (Fsp3) is 0.238. The van der Waals surface area contributed by atoms with Crippen molar-refractivity contribution < 1.29 is 0 Å². The van der Waals surface area contributed by atoms with Gasteiger partial charge < -0.3 is 0 Å². The van der Waals surface area contributed by atoms with E-state index in [0.29, 0.717) is 0 Å². The number of hydrogen-bond acceptors (Lipinski definition) is 3. The summed E-state index contributed by atoms with van der Waals surface area (Å²) in [7, 11) is 1.95. The zero-order valence-corrected chi connectivity index (χ0v) is 15.3. The van der Waals surface area contributed by atoms with Crippen LogP contribution < -0.4 is 5.01 Å². The lowest BCUT2D eigenvalue weighted by Crippen LogP contribution is -2.09.